The molecule has 1 atom stereocenters. The van der Waals surface area contributed by atoms with Crippen LogP contribution in [0.4, 0.5) is 0 Å². The van der Waals surface area contributed by atoms with Crippen molar-refractivity contribution in [3.05, 3.63) is 70.1 Å². The Morgan fingerprint density at radius 2 is 1.74 bits per heavy atom. The number of para-hydroxylation sites is 1. The summed E-state index contributed by atoms with van der Waals surface area (Å²) >= 11 is 0. The summed E-state index contributed by atoms with van der Waals surface area (Å²) in [6.07, 6.45) is 0. The van der Waals surface area contributed by atoms with Gasteiger partial charge in [0.15, 0.2) is 5.69 Å². The molecule has 1 N–H and O–H groups in total. The number of fused-ring (bicyclic) bond motifs is 1. The first kappa shape index (κ1) is 22.5. The third-order valence-electron chi connectivity index (χ3n) is 5.20. The van der Waals surface area contributed by atoms with Crippen molar-refractivity contribution in [2.24, 2.45) is 5.92 Å². The summed E-state index contributed by atoms with van der Waals surface area (Å²) in [6, 6.07) is 14.8. The highest BCUT2D eigenvalue weighted by molar-refractivity contribution is 6.04. The van der Waals surface area contributed by atoms with E-state index < -0.39 is 0 Å². The number of methoxy groups -OCH3 is 1. The van der Waals surface area contributed by atoms with E-state index in [1.807, 2.05) is 63.2 Å². The Balaban J connectivity index is 1.94. The van der Waals surface area contributed by atoms with Gasteiger partial charge >= 0.3 is 0 Å². The normalized spacial score (nSPS) is 12.4. The molecule has 0 aliphatic heterocycles. The van der Waals surface area contributed by atoms with Gasteiger partial charge in [-0.25, -0.2) is 4.68 Å². The van der Waals surface area contributed by atoms with Crippen molar-refractivity contribution in [3.8, 4) is 5.75 Å². The van der Waals surface area contributed by atoms with E-state index in [4.69, 9.17) is 4.74 Å². The molecule has 0 aliphatic rings. The fraction of sp³-hybridized carbons (Fsp3) is 0.375. The lowest BCUT2D eigenvalue weighted by Gasteiger charge is -2.26. The second-order valence-electron chi connectivity index (χ2n) is 8.21. The topological polar surface area (TPSA) is 76.5 Å². The summed E-state index contributed by atoms with van der Waals surface area (Å²) in [5.74, 6) is 0.686. The predicted molar refractivity (Wildman–Crippen MR) is 123 cm³/mol. The van der Waals surface area contributed by atoms with Gasteiger partial charge in [0.05, 0.1) is 18.5 Å². The Hall–Kier alpha value is -3.19. The van der Waals surface area contributed by atoms with Gasteiger partial charge in [-0.3, -0.25) is 9.59 Å². The van der Waals surface area contributed by atoms with Gasteiger partial charge in [-0.05, 0) is 32.1 Å². The molecule has 0 saturated heterocycles. The van der Waals surface area contributed by atoms with E-state index in [1.165, 1.54) is 4.68 Å². The minimum absolute atomic E-state index is 0.0899. The SMILES string of the molecule is COc1ccccc1[C@H](CNC(=O)c1nn(CC(C)C)c(=O)c2ccccc12)N(C)C. The highest BCUT2D eigenvalue weighted by atomic mass is 16.5. The molecule has 1 amide bonds. The molecule has 2 aromatic carbocycles. The zero-order chi connectivity index (χ0) is 22.5. The van der Waals surface area contributed by atoms with E-state index in [0.29, 0.717) is 23.9 Å². The number of nitrogens with zero attached hydrogens (tertiary/aromatic N) is 3. The molecule has 0 bridgehead atoms. The summed E-state index contributed by atoms with van der Waals surface area (Å²) in [4.78, 5) is 28.0. The number of hydrogen-bond acceptors (Lipinski definition) is 5. The molecule has 0 saturated carbocycles. The van der Waals surface area contributed by atoms with Crippen LogP contribution in [-0.4, -0.2) is 48.3 Å². The van der Waals surface area contributed by atoms with E-state index in [-0.39, 0.29) is 29.1 Å². The number of aromatic nitrogens is 2. The third kappa shape index (κ3) is 4.94. The first-order valence-corrected chi connectivity index (χ1v) is 10.4. The number of carbonyl (C=O) groups excluding carboxylic acids is 1. The summed E-state index contributed by atoms with van der Waals surface area (Å²) in [6.45, 7) is 4.84. The molecule has 0 fully saturated rings. The zero-order valence-electron chi connectivity index (χ0n) is 18.8. The Labute approximate surface area is 182 Å². The van der Waals surface area contributed by atoms with Crippen molar-refractivity contribution in [2.45, 2.75) is 26.4 Å². The molecule has 3 aromatic rings. The molecule has 164 valence electrons. The minimum atomic E-state index is -0.310. The van der Waals surface area contributed by atoms with E-state index in [0.717, 1.165) is 11.3 Å². The second kappa shape index (κ2) is 9.75. The van der Waals surface area contributed by atoms with Crippen LogP contribution in [0.15, 0.2) is 53.3 Å². The van der Waals surface area contributed by atoms with Gasteiger partial charge in [0.25, 0.3) is 11.5 Å². The van der Waals surface area contributed by atoms with Crippen LogP contribution in [0.25, 0.3) is 10.8 Å². The Morgan fingerprint density at radius 1 is 1.10 bits per heavy atom. The number of rotatable bonds is 8. The molecule has 3 rings (SSSR count). The molecule has 7 nitrogen and oxygen atoms in total. The van der Waals surface area contributed by atoms with Crippen molar-refractivity contribution in [1.82, 2.24) is 20.0 Å². The minimum Gasteiger partial charge on any atom is -0.496 e. The molecule has 1 heterocycles. The van der Waals surface area contributed by atoms with Crippen LogP contribution in [0.1, 0.15) is 35.9 Å². The van der Waals surface area contributed by atoms with Crippen molar-refractivity contribution in [3.63, 3.8) is 0 Å². The number of amides is 1. The quantitative estimate of drug-likeness (QED) is 0.604. The molecule has 31 heavy (non-hydrogen) atoms. The standard InChI is InChI=1S/C24H30N4O3/c1-16(2)15-28-24(30)18-11-7-6-10-17(18)22(26-28)23(29)25-14-20(27(3)4)19-12-8-9-13-21(19)31-5/h6-13,16,20H,14-15H2,1-5H3,(H,25,29)/t20-/m0/s1. The van der Waals surface area contributed by atoms with Gasteiger partial charge in [0.2, 0.25) is 0 Å². The van der Waals surface area contributed by atoms with Crippen molar-refractivity contribution < 1.29 is 9.53 Å². The van der Waals surface area contributed by atoms with Crippen LogP contribution in [0.3, 0.4) is 0 Å². The van der Waals surface area contributed by atoms with Gasteiger partial charge in [0.1, 0.15) is 5.75 Å². The number of ether oxygens (including phenoxy) is 1. The Bertz CT molecular complexity index is 1120. The summed E-state index contributed by atoms with van der Waals surface area (Å²) in [5, 5.41) is 8.49. The number of benzene rings is 2. The number of likely N-dealkylation sites (N-methyl/N-ethyl adjacent to an activating group) is 1. The third-order valence-corrected chi connectivity index (χ3v) is 5.20. The van der Waals surface area contributed by atoms with Crippen molar-refractivity contribution >= 4 is 16.7 Å². The van der Waals surface area contributed by atoms with Crippen LogP contribution < -0.4 is 15.6 Å². The lowest BCUT2D eigenvalue weighted by Crippen LogP contribution is -2.36. The first-order chi connectivity index (χ1) is 14.8. The molecule has 0 spiro atoms. The fourth-order valence-electron chi connectivity index (χ4n) is 3.66. The number of nitrogens with one attached hydrogen (secondary N) is 1. The predicted octanol–water partition coefficient (Wildman–Crippen LogP) is 3.09. The molecular formula is C24H30N4O3. The smallest absolute Gasteiger partial charge is 0.274 e. The second-order valence-corrected chi connectivity index (χ2v) is 8.21. The molecule has 0 radical (unpaired) electrons. The van der Waals surface area contributed by atoms with Crippen molar-refractivity contribution in [1.29, 1.82) is 0 Å². The maximum Gasteiger partial charge on any atom is 0.274 e. The molecule has 1 aromatic heterocycles. The van der Waals surface area contributed by atoms with Gasteiger partial charge in [-0.1, -0.05) is 50.2 Å². The number of carbonyl (C=O) groups is 1. The average molecular weight is 423 g/mol. The molecular weight excluding hydrogens is 392 g/mol. The van der Waals surface area contributed by atoms with Crippen molar-refractivity contribution in [2.75, 3.05) is 27.7 Å². The first-order valence-electron chi connectivity index (χ1n) is 10.4. The average Bonchev–Trinajstić information content (AvgIpc) is 2.75. The lowest BCUT2D eigenvalue weighted by atomic mass is 10.0. The maximum atomic E-state index is 13.2. The van der Waals surface area contributed by atoms with Crippen LogP contribution in [0.5, 0.6) is 5.75 Å². The molecule has 7 heteroatoms. The lowest BCUT2D eigenvalue weighted by molar-refractivity contribution is 0.0935. The maximum absolute atomic E-state index is 13.2. The van der Waals surface area contributed by atoms with Gasteiger partial charge in [-0.2, -0.15) is 5.10 Å². The summed E-state index contributed by atoms with van der Waals surface area (Å²) in [7, 11) is 5.55. The fourth-order valence-corrected chi connectivity index (χ4v) is 3.66. The van der Waals surface area contributed by atoms with Gasteiger partial charge < -0.3 is 15.0 Å². The van der Waals surface area contributed by atoms with E-state index in [9.17, 15) is 9.59 Å². The van der Waals surface area contributed by atoms with Crippen LogP contribution in [0, 0.1) is 5.92 Å². The van der Waals surface area contributed by atoms with Crippen LogP contribution in [0.2, 0.25) is 0 Å². The molecule has 0 aliphatic carbocycles. The largest absolute Gasteiger partial charge is 0.496 e. The van der Waals surface area contributed by atoms with E-state index in [1.54, 1.807) is 25.3 Å². The highest BCUT2D eigenvalue weighted by Crippen LogP contribution is 2.27. The Morgan fingerprint density at radius 3 is 2.39 bits per heavy atom. The highest BCUT2D eigenvalue weighted by Gasteiger charge is 2.22. The summed E-state index contributed by atoms with van der Waals surface area (Å²) in [5.41, 5.74) is 1.06. The zero-order valence-corrected chi connectivity index (χ0v) is 18.8. The van der Waals surface area contributed by atoms with Gasteiger partial charge in [0, 0.05) is 24.0 Å². The van der Waals surface area contributed by atoms with Gasteiger partial charge in [-0.15, -0.1) is 0 Å². The monoisotopic (exact) mass is 422 g/mol. The van der Waals surface area contributed by atoms with Crippen LogP contribution in [-0.2, 0) is 6.54 Å². The molecule has 0 unspecified atom stereocenters. The van der Waals surface area contributed by atoms with E-state index in [2.05, 4.69) is 10.4 Å². The van der Waals surface area contributed by atoms with E-state index >= 15 is 0 Å². The number of hydrogen-bond donors (Lipinski definition) is 1. The van der Waals surface area contributed by atoms with Crippen LogP contribution >= 0.6 is 0 Å². The summed E-state index contributed by atoms with van der Waals surface area (Å²) < 4.78 is 6.90. The Kier molecular flexibility index (Phi) is 7.07.